The molecule has 0 spiro atoms. The molecule has 0 unspecified atom stereocenters. The van der Waals surface area contributed by atoms with Gasteiger partial charge in [-0.25, -0.2) is 14.4 Å². The van der Waals surface area contributed by atoms with E-state index in [-0.39, 0.29) is 11.1 Å². The first-order valence-corrected chi connectivity index (χ1v) is 14.5. The van der Waals surface area contributed by atoms with E-state index in [9.17, 15) is 14.4 Å². The molecule has 0 N–H and O–H groups in total. The molecular formula is C36H34O11. The average molecular weight is 643 g/mol. The average Bonchev–Trinajstić information content (AvgIpc) is 3.06. The maximum atomic E-state index is 13.4. The number of carbonyl (C=O) groups excluding carboxylic acids is 2. The van der Waals surface area contributed by atoms with E-state index in [0.717, 1.165) is 0 Å². The van der Waals surface area contributed by atoms with Crippen molar-refractivity contribution in [2.24, 2.45) is 0 Å². The van der Waals surface area contributed by atoms with Crippen LogP contribution in [-0.2, 0) is 19.1 Å². The van der Waals surface area contributed by atoms with Gasteiger partial charge in [0.15, 0.2) is 35.2 Å². The molecular weight excluding hydrogens is 608 g/mol. The van der Waals surface area contributed by atoms with Gasteiger partial charge in [0, 0.05) is 23.6 Å². The van der Waals surface area contributed by atoms with Gasteiger partial charge in [0.2, 0.25) is 0 Å². The smallest absolute Gasteiger partial charge is 0.336 e. The third kappa shape index (κ3) is 7.09. The number of ether oxygens (including phenoxy) is 7. The maximum Gasteiger partial charge on any atom is 0.336 e. The van der Waals surface area contributed by atoms with Crippen LogP contribution in [0.2, 0.25) is 0 Å². The number of benzene rings is 3. The van der Waals surface area contributed by atoms with Gasteiger partial charge in [0.05, 0.1) is 34.0 Å². The molecule has 47 heavy (non-hydrogen) atoms. The number of methoxy groups -OCH3 is 4. The summed E-state index contributed by atoms with van der Waals surface area (Å²) in [5.74, 6) is 0.883. The van der Waals surface area contributed by atoms with Crippen LogP contribution in [0.4, 0.5) is 0 Å². The zero-order valence-corrected chi connectivity index (χ0v) is 26.7. The quantitative estimate of drug-likeness (QED) is 0.116. The van der Waals surface area contributed by atoms with E-state index < -0.39 is 35.4 Å². The van der Waals surface area contributed by atoms with Crippen LogP contribution in [-0.4, -0.2) is 52.1 Å². The summed E-state index contributed by atoms with van der Waals surface area (Å²) < 4.78 is 45.0. The lowest BCUT2D eigenvalue weighted by molar-refractivity contribution is -0.184. The fourth-order valence-corrected chi connectivity index (χ4v) is 5.25. The van der Waals surface area contributed by atoms with E-state index in [1.165, 1.54) is 46.7 Å². The van der Waals surface area contributed by atoms with E-state index in [2.05, 4.69) is 0 Å². The van der Waals surface area contributed by atoms with Crippen LogP contribution < -0.4 is 29.3 Å². The summed E-state index contributed by atoms with van der Waals surface area (Å²) in [6.45, 7) is 3.41. The second kappa shape index (κ2) is 13.7. The molecule has 244 valence electrons. The van der Waals surface area contributed by atoms with Gasteiger partial charge in [-0.05, 0) is 79.6 Å². The van der Waals surface area contributed by atoms with Gasteiger partial charge in [-0.2, -0.15) is 0 Å². The number of esters is 2. The van der Waals surface area contributed by atoms with Crippen LogP contribution in [0.1, 0.15) is 36.6 Å². The summed E-state index contributed by atoms with van der Waals surface area (Å²) in [4.78, 5) is 38.9. The molecule has 4 aromatic rings. The number of rotatable bonds is 10. The third-order valence-corrected chi connectivity index (χ3v) is 7.53. The Morgan fingerprint density at radius 3 is 1.79 bits per heavy atom. The van der Waals surface area contributed by atoms with Crippen LogP contribution in [0.15, 0.2) is 82.0 Å². The van der Waals surface area contributed by atoms with E-state index in [1.807, 2.05) is 0 Å². The highest BCUT2D eigenvalue weighted by Crippen LogP contribution is 2.46. The van der Waals surface area contributed by atoms with E-state index >= 15 is 0 Å². The number of carbonyl (C=O) groups is 2. The number of hydrogen-bond acceptors (Lipinski definition) is 11. The van der Waals surface area contributed by atoms with Gasteiger partial charge in [-0.1, -0.05) is 12.1 Å². The third-order valence-electron chi connectivity index (χ3n) is 7.53. The lowest BCUT2D eigenvalue weighted by atomic mass is 9.87. The Kier molecular flexibility index (Phi) is 9.55. The molecule has 2 heterocycles. The normalized spacial score (nSPS) is 16.7. The van der Waals surface area contributed by atoms with Crippen LogP contribution in [0, 0.1) is 0 Å². The van der Waals surface area contributed by atoms with Crippen molar-refractivity contribution in [3.63, 3.8) is 0 Å². The van der Waals surface area contributed by atoms with Gasteiger partial charge in [0.1, 0.15) is 16.9 Å². The molecule has 11 heteroatoms. The molecule has 0 saturated heterocycles. The first kappa shape index (κ1) is 32.7. The zero-order valence-electron chi connectivity index (χ0n) is 26.7. The molecule has 0 amide bonds. The lowest BCUT2D eigenvalue weighted by Crippen LogP contribution is -2.52. The van der Waals surface area contributed by atoms with Crippen LogP contribution in [0.5, 0.6) is 28.7 Å². The molecule has 11 nitrogen and oxygen atoms in total. The Balaban J connectivity index is 1.49. The van der Waals surface area contributed by atoms with Gasteiger partial charge >= 0.3 is 17.6 Å². The summed E-state index contributed by atoms with van der Waals surface area (Å²) in [6, 6.07) is 16.6. The second-order valence-electron chi connectivity index (χ2n) is 11.0. The van der Waals surface area contributed by atoms with Gasteiger partial charge in [-0.15, -0.1) is 0 Å². The van der Waals surface area contributed by atoms with Crippen molar-refractivity contribution in [2.45, 2.75) is 31.7 Å². The molecule has 5 rings (SSSR count). The van der Waals surface area contributed by atoms with Gasteiger partial charge < -0.3 is 37.6 Å². The summed E-state index contributed by atoms with van der Waals surface area (Å²) in [5.41, 5.74) is -0.0866. The Morgan fingerprint density at radius 2 is 1.23 bits per heavy atom. The van der Waals surface area contributed by atoms with Crippen molar-refractivity contribution in [1.29, 1.82) is 0 Å². The van der Waals surface area contributed by atoms with Crippen molar-refractivity contribution in [2.75, 3.05) is 28.4 Å². The Hall–Kier alpha value is -5.71. The highest BCUT2D eigenvalue weighted by atomic mass is 16.6. The Bertz CT molecular complexity index is 1920. The van der Waals surface area contributed by atoms with Crippen molar-refractivity contribution in [3.05, 3.63) is 99.9 Å². The molecule has 1 aliphatic rings. The predicted molar refractivity (Wildman–Crippen MR) is 173 cm³/mol. The topological polar surface area (TPSA) is 129 Å². The van der Waals surface area contributed by atoms with Crippen molar-refractivity contribution < 1.29 is 47.2 Å². The summed E-state index contributed by atoms with van der Waals surface area (Å²) >= 11 is 0. The first-order chi connectivity index (χ1) is 22.6. The van der Waals surface area contributed by atoms with Crippen molar-refractivity contribution in [1.82, 2.24) is 0 Å². The van der Waals surface area contributed by atoms with Crippen LogP contribution in [0.25, 0.3) is 23.1 Å². The standard InChI is InChI=1S/C36H34O11/c1-36(2)35(46-31(39)17-10-22-8-14-25(41-4)28(20-22)43-6)34(32-26(47-36)15-11-23-12-18-30(38)44-33(23)32)45-29(37)16-9-21-7-13-24(40-3)27(19-21)42-5/h7-20,34-35H,1-6H3/b16-9+,17-10+/t34-,35+/m0/s1. The second-order valence-corrected chi connectivity index (χ2v) is 11.0. The number of hydrogen-bond donors (Lipinski definition) is 0. The lowest BCUT2D eigenvalue weighted by Gasteiger charge is -2.43. The molecule has 0 fully saturated rings. The van der Waals surface area contributed by atoms with E-state index in [0.29, 0.717) is 45.3 Å². The van der Waals surface area contributed by atoms with Gasteiger partial charge in [-0.3, -0.25) is 0 Å². The molecule has 0 aliphatic carbocycles. The molecule has 1 aliphatic heterocycles. The van der Waals surface area contributed by atoms with E-state index in [1.54, 1.807) is 80.6 Å². The molecule has 0 saturated carbocycles. The van der Waals surface area contributed by atoms with Crippen LogP contribution >= 0.6 is 0 Å². The molecule has 1 aromatic heterocycles. The summed E-state index contributed by atoms with van der Waals surface area (Å²) in [6.07, 6.45) is 3.20. The Morgan fingerprint density at radius 1 is 0.702 bits per heavy atom. The zero-order chi connectivity index (χ0) is 33.7. The monoisotopic (exact) mass is 642 g/mol. The van der Waals surface area contributed by atoms with Crippen LogP contribution in [0.3, 0.4) is 0 Å². The minimum Gasteiger partial charge on any atom is -0.493 e. The summed E-state index contributed by atoms with van der Waals surface area (Å²) in [7, 11) is 6.08. The molecule has 2 atom stereocenters. The minimum absolute atomic E-state index is 0.147. The highest BCUT2D eigenvalue weighted by Gasteiger charge is 2.50. The Labute approximate surface area is 270 Å². The van der Waals surface area contributed by atoms with Crippen molar-refractivity contribution in [3.8, 4) is 28.7 Å². The maximum absolute atomic E-state index is 13.4. The molecule has 0 bridgehead atoms. The minimum atomic E-state index is -1.22. The van der Waals surface area contributed by atoms with Gasteiger partial charge in [0.25, 0.3) is 0 Å². The largest absolute Gasteiger partial charge is 0.493 e. The number of fused-ring (bicyclic) bond motifs is 3. The van der Waals surface area contributed by atoms with E-state index in [4.69, 9.17) is 37.6 Å². The highest BCUT2D eigenvalue weighted by molar-refractivity contribution is 5.90. The summed E-state index contributed by atoms with van der Waals surface area (Å²) in [5, 5.41) is 0.562. The SMILES string of the molecule is COc1ccc(/C=C/C(=O)O[C@@H]2[C@@H](OC(=O)/C=C/c3ccc(OC)c(OC)c3)c3c(ccc4ccc(=O)oc34)OC2(C)C)cc1OC. The molecule has 0 radical (unpaired) electrons. The molecule has 3 aromatic carbocycles. The predicted octanol–water partition coefficient (Wildman–Crippen LogP) is 5.92. The van der Waals surface area contributed by atoms with Crippen molar-refractivity contribution >= 4 is 35.1 Å². The fraction of sp³-hybridized carbons (Fsp3) is 0.250. The fourth-order valence-electron chi connectivity index (χ4n) is 5.25. The first-order valence-electron chi connectivity index (χ1n) is 14.5.